The van der Waals surface area contributed by atoms with Gasteiger partial charge in [0, 0.05) is 24.2 Å². The third-order valence-electron chi connectivity index (χ3n) is 3.86. The minimum atomic E-state index is -0.162. The van der Waals surface area contributed by atoms with Crippen molar-refractivity contribution in [3.63, 3.8) is 0 Å². The fourth-order valence-electron chi connectivity index (χ4n) is 2.57. The molecule has 118 valence electrons. The van der Waals surface area contributed by atoms with Gasteiger partial charge in [0.25, 0.3) is 5.56 Å². The molecule has 0 aliphatic heterocycles. The second-order valence-electron chi connectivity index (χ2n) is 5.38. The molecule has 0 radical (unpaired) electrons. The SMILES string of the molecule is Cn1cccc1/C=N/n1cnc2scc(-c3ccccc3)c2c1=O. The average Bonchev–Trinajstić information content (AvgIpc) is 3.22. The minimum absolute atomic E-state index is 0.162. The summed E-state index contributed by atoms with van der Waals surface area (Å²) in [6.07, 6.45) is 5.05. The largest absolute Gasteiger partial charge is 0.350 e. The Morgan fingerprint density at radius 1 is 1.17 bits per heavy atom. The van der Waals surface area contributed by atoms with Gasteiger partial charge in [0.1, 0.15) is 11.2 Å². The maximum Gasteiger partial charge on any atom is 0.283 e. The Morgan fingerprint density at radius 2 is 2.00 bits per heavy atom. The molecule has 4 aromatic rings. The Morgan fingerprint density at radius 3 is 2.75 bits per heavy atom. The number of hydrogen-bond donors (Lipinski definition) is 0. The molecule has 6 heteroatoms. The van der Waals surface area contributed by atoms with Crippen LogP contribution in [-0.2, 0) is 7.05 Å². The fraction of sp³-hybridized carbons (Fsp3) is 0.0556. The third kappa shape index (κ3) is 2.47. The van der Waals surface area contributed by atoms with Crippen molar-refractivity contribution in [1.82, 2.24) is 14.2 Å². The van der Waals surface area contributed by atoms with E-state index in [2.05, 4.69) is 10.1 Å². The quantitative estimate of drug-likeness (QED) is 0.540. The lowest BCUT2D eigenvalue weighted by Gasteiger charge is -2.01. The summed E-state index contributed by atoms with van der Waals surface area (Å²) in [6, 6.07) is 13.7. The smallest absolute Gasteiger partial charge is 0.283 e. The maximum absolute atomic E-state index is 12.8. The first-order valence-electron chi connectivity index (χ1n) is 7.44. The molecule has 0 unspecified atom stereocenters. The van der Waals surface area contributed by atoms with Crippen LogP contribution in [0, 0.1) is 0 Å². The summed E-state index contributed by atoms with van der Waals surface area (Å²) in [5, 5.41) is 6.85. The lowest BCUT2D eigenvalue weighted by Crippen LogP contribution is -2.17. The molecule has 0 saturated heterocycles. The van der Waals surface area contributed by atoms with Gasteiger partial charge in [-0.2, -0.15) is 9.78 Å². The zero-order valence-electron chi connectivity index (χ0n) is 13.0. The van der Waals surface area contributed by atoms with Crippen molar-refractivity contribution in [3.8, 4) is 11.1 Å². The van der Waals surface area contributed by atoms with Crippen molar-refractivity contribution in [2.75, 3.05) is 0 Å². The van der Waals surface area contributed by atoms with Crippen molar-refractivity contribution in [2.45, 2.75) is 0 Å². The van der Waals surface area contributed by atoms with E-state index in [4.69, 9.17) is 0 Å². The van der Waals surface area contributed by atoms with E-state index in [0.717, 1.165) is 21.7 Å². The Balaban J connectivity index is 1.85. The van der Waals surface area contributed by atoms with Gasteiger partial charge in [-0.25, -0.2) is 4.98 Å². The summed E-state index contributed by atoms with van der Waals surface area (Å²) in [7, 11) is 1.93. The molecule has 0 spiro atoms. The van der Waals surface area contributed by atoms with E-state index in [0.29, 0.717) is 5.39 Å². The molecular weight excluding hydrogens is 320 g/mol. The molecule has 0 atom stereocenters. The average molecular weight is 334 g/mol. The Kier molecular flexibility index (Phi) is 3.59. The number of hydrogen-bond acceptors (Lipinski definition) is 4. The first-order chi connectivity index (χ1) is 11.7. The van der Waals surface area contributed by atoms with Crippen LogP contribution in [0.4, 0.5) is 0 Å². The summed E-state index contributed by atoms with van der Waals surface area (Å²) in [4.78, 5) is 17.9. The van der Waals surface area contributed by atoms with Crippen LogP contribution >= 0.6 is 11.3 Å². The van der Waals surface area contributed by atoms with E-state index in [1.807, 2.05) is 65.7 Å². The number of aryl methyl sites for hydroxylation is 1. The van der Waals surface area contributed by atoms with Crippen LogP contribution in [0.5, 0.6) is 0 Å². The highest BCUT2D eigenvalue weighted by atomic mass is 32.1. The predicted molar refractivity (Wildman–Crippen MR) is 97.7 cm³/mol. The number of benzene rings is 1. The van der Waals surface area contributed by atoms with Gasteiger partial charge in [-0.3, -0.25) is 4.79 Å². The number of rotatable bonds is 3. The lowest BCUT2D eigenvalue weighted by atomic mass is 10.1. The van der Waals surface area contributed by atoms with Crippen molar-refractivity contribution in [1.29, 1.82) is 0 Å². The summed E-state index contributed by atoms with van der Waals surface area (Å²) in [5.74, 6) is 0. The molecule has 0 fully saturated rings. The fourth-order valence-corrected chi connectivity index (χ4v) is 3.47. The van der Waals surface area contributed by atoms with Crippen LogP contribution in [0.2, 0.25) is 0 Å². The maximum atomic E-state index is 12.8. The highest BCUT2D eigenvalue weighted by molar-refractivity contribution is 7.17. The van der Waals surface area contributed by atoms with E-state index < -0.39 is 0 Å². The van der Waals surface area contributed by atoms with Gasteiger partial charge in [0.05, 0.1) is 17.3 Å². The van der Waals surface area contributed by atoms with Crippen LogP contribution in [0.3, 0.4) is 0 Å². The van der Waals surface area contributed by atoms with E-state index >= 15 is 0 Å². The predicted octanol–water partition coefficient (Wildman–Crippen LogP) is 3.35. The van der Waals surface area contributed by atoms with E-state index in [1.54, 1.807) is 6.21 Å². The molecule has 0 aliphatic rings. The first kappa shape index (κ1) is 14.6. The van der Waals surface area contributed by atoms with Gasteiger partial charge < -0.3 is 4.57 Å². The summed E-state index contributed by atoms with van der Waals surface area (Å²) in [5.41, 5.74) is 2.66. The third-order valence-corrected chi connectivity index (χ3v) is 4.75. The minimum Gasteiger partial charge on any atom is -0.350 e. The molecule has 0 N–H and O–H groups in total. The number of nitrogens with zero attached hydrogens (tertiary/aromatic N) is 4. The van der Waals surface area contributed by atoms with Gasteiger partial charge in [-0.05, 0) is 17.7 Å². The molecule has 5 nitrogen and oxygen atoms in total. The van der Waals surface area contributed by atoms with Crippen LogP contribution in [-0.4, -0.2) is 20.4 Å². The van der Waals surface area contributed by atoms with Crippen LogP contribution < -0.4 is 5.56 Å². The standard InChI is InChI=1S/C18H14N4OS/c1-21-9-5-8-14(21)10-20-22-12-19-17-16(18(22)23)15(11-24-17)13-6-3-2-4-7-13/h2-12H,1H3/b20-10+. The van der Waals surface area contributed by atoms with Gasteiger partial charge in [-0.1, -0.05) is 30.3 Å². The first-order valence-corrected chi connectivity index (χ1v) is 8.32. The topological polar surface area (TPSA) is 52.2 Å². The van der Waals surface area contributed by atoms with Crippen molar-refractivity contribution in [2.24, 2.45) is 12.1 Å². The summed E-state index contributed by atoms with van der Waals surface area (Å²) >= 11 is 1.47. The van der Waals surface area contributed by atoms with E-state index in [-0.39, 0.29) is 5.56 Å². The van der Waals surface area contributed by atoms with E-state index in [9.17, 15) is 4.79 Å². The molecule has 4 rings (SSSR count). The Labute approximate surface area is 142 Å². The monoisotopic (exact) mass is 334 g/mol. The molecular formula is C18H14N4OS. The normalized spacial score (nSPS) is 11.5. The van der Waals surface area contributed by atoms with Crippen molar-refractivity contribution < 1.29 is 0 Å². The van der Waals surface area contributed by atoms with Crippen molar-refractivity contribution in [3.05, 3.63) is 76.4 Å². The molecule has 3 heterocycles. The van der Waals surface area contributed by atoms with Gasteiger partial charge in [0.2, 0.25) is 0 Å². The molecule has 0 amide bonds. The number of fused-ring (bicyclic) bond motifs is 1. The molecule has 0 aliphatic carbocycles. The zero-order valence-corrected chi connectivity index (χ0v) is 13.8. The van der Waals surface area contributed by atoms with Crippen LogP contribution in [0.1, 0.15) is 5.69 Å². The molecule has 24 heavy (non-hydrogen) atoms. The Hall–Kier alpha value is -2.99. The molecule has 0 bridgehead atoms. The van der Waals surface area contributed by atoms with Crippen molar-refractivity contribution >= 4 is 27.8 Å². The van der Waals surface area contributed by atoms with Gasteiger partial charge >= 0.3 is 0 Å². The van der Waals surface area contributed by atoms with Gasteiger partial charge in [0.15, 0.2) is 0 Å². The molecule has 0 saturated carbocycles. The van der Waals surface area contributed by atoms with Crippen LogP contribution in [0.25, 0.3) is 21.3 Å². The second kappa shape index (κ2) is 5.90. The molecule has 3 aromatic heterocycles. The van der Waals surface area contributed by atoms with Crippen LogP contribution in [0.15, 0.2) is 70.3 Å². The lowest BCUT2D eigenvalue weighted by molar-refractivity contribution is 0.814. The summed E-state index contributed by atoms with van der Waals surface area (Å²) in [6.45, 7) is 0. The second-order valence-corrected chi connectivity index (χ2v) is 6.24. The Bertz CT molecular complexity index is 1090. The van der Waals surface area contributed by atoms with E-state index in [1.165, 1.54) is 22.3 Å². The molecule has 1 aromatic carbocycles. The number of aromatic nitrogens is 3. The highest BCUT2D eigenvalue weighted by Gasteiger charge is 2.12. The summed E-state index contributed by atoms with van der Waals surface area (Å²) < 4.78 is 3.22. The van der Waals surface area contributed by atoms with Gasteiger partial charge in [-0.15, -0.1) is 11.3 Å². The zero-order chi connectivity index (χ0) is 16.5. The number of thiophene rings is 1. The highest BCUT2D eigenvalue weighted by Crippen LogP contribution is 2.30.